The smallest absolute Gasteiger partial charge is 0.315 e. The fourth-order valence-electron chi connectivity index (χ4n) is 1.96. The fraction of sp³-hybridized carbons (Fsp3) is 0.562. The van der Waals surface area contributed by atoms with Gasteiger partial charge < -0.3 is 15.7 Å². The van der Waals surface area contributed by atoms with E-state index in [1.807, 2.05) is 32.0 Å². The van der Waals surface area contributed by atoms with Gasteiger partial charge in [-0.25, -0.2) is 4.79 Å². The van der Waals surface area contributed by atoms with Gasteiger partial charge in [-0.05, 0) is 37.7 Å². The van der Waals surface area contributed by atoms with Crippen molar-refractivity contribution in [3.63, 3.8) is 0 Å². The number of benzene rings is 1. The summed E-state index contributed by atoms with van der Waals surface area (Å²) in [5, 5.41) is 14.6. The fourth-order valence-corrected chi connectivity index (χ4v) is 1.96. The Hall–Kier alpha value is -1.55. The summed E-state index contributed by atoms with van der Waals surface area (Å²) in [5.74, 6) is 0.297. The molecule has 0 saturated heterocycles. The predicted molar refractivity (Wildman–Crippen MR) is 81.6 cm³/mol. The van der Waals surface area contributed by atoms with E-state index >= 15 is 0 Å². The lowest BCUT2D eigenvalue weighted by atomic mass is 10.1. The van der Waals surface area contributed by atoms with Crippen molar-refractivity contribution in [2.45, 2.75) is 39.2 Å². The number of hydrogen-bond donors (Lipinski definition) is 3. The van der Waals surface area contributed by atoms with E-state index in [2.05, 4.69) is 22.8 Å². The van der Waals surface area contributed by atoms with Crippen molar-refractivity contribution < 1.29 is 9.90 Å². The van der Waals surface area contributed by atoms with Gasteiger partial charge in [0.25, 0.3) is 0 Å². The van der Waals surface area contributed by atoms with E-state index in [-0.39, 0.29) is 18.7 Å². The van der Waals surface area contributed by atoms with Crippen LogP contribution in [0, 0.1) is 5.92 Å². The summed E-state index contributed by atoms with van der Waals surface area (Å²) in [6, 6.07) is 10.3. The Morgan fingerprint density at radius 3 is 2.55 bits per heavy atom. The molecule has 4 heteroatoms. The molecule has 0 aromatic heterocycles. The Kier molecular flexibility index (Phi) is 7.73. The molecule has 2 amide bonds. The van der Waals surface area contributed by atoms with E-state index in [9.17, 15) is 4.79 Å². The van der Waals surface area contributed by atoms with Gasteiger partial charge >= 0.3 is 6.03 Å². The first-order valence-electron chi connectivity index (χ1n) is 7.31. The second kappa shape index (κ2) is 9.37. The molecule has 0 saturated carbocycles. The summed E-state index contributed by atoms with van der Waals surface area (Å²) in [6.45, 7) is 4.78. The summed E-state index contributed by atoms with van der Waals surface area (Å²) >= 11 is 0. The van der Waals surface area contributed by atoms with Gasteiger partial charge in [0.05, 0.1) is 0 Å². The number of aryl methyl sites for hydroxylation is 1. The van der Waals surface area contributed by atoms with Crippen LogP contribution in [0.1, 0.15) is 32.3 Å². The highest BCUT2D eigenvalue weighted by Crippen LogP contribution is 2.04. The van der Waals surface area contributed by atoms with Crippen molar-refractivity contribution in [2.75, 3.05) is 13.2 Å². The third-order valence-corrected chi connectivity index (χ3v) is 3.32. The van der Waals surface area contributed by atoms with Gasteiger partial charge in [0.2, 0.25) is 0 Å². The molecule has 20 heavy (non-hydrogen) atoms. The molecular formula is C16H26N2O2. The molecule has 2 atom stereocenters. The second-order valence-corrected chi connectivity index (χ2v) is 5.40. The average Bonchev–Trinajstić information content (AvgIpc) is 2.44. The van der Waals surface area contributed by atoms with Crippen molar-refractivity contribution in [1.82, 2.24) is 10.6 Å². The molecule has 1 aromatic carbocycles. The van der Waals surface area contributed by atoms with Crippen LogP contribution < -0.4 is 10.6 Å². The lowest BCUT2D eigenvalue weighted by Crippen LogP contribution is -2.42. The van der Waals surface area contributed by atoms with Crippen molar-refractivity contribution in [2.24, 2.45) is 5.92 Å². The third-order valence-electron chi connectivity index (χ3n) is 3.32. The minimum absolute atomic E-state index is 0.129. The summed E-state index contributed by atoms with van der Waals surface area (Å²) in [7, 11) is 0. The Balaban J connectivity index is 2.18. The average molecular weight is 278 g/mol. The first-order valence-corrected chi connectivity index (χ1v) is 7.31. The number of amides is 2. The molecule has 0 aliphatic carbocycles. The Labute approximate surface area is 121 Å². The summed E-state index contributed by atoms with van der Waals surface area (Å²) in [5.41, 5.74) is 1.29. The van der Waals surface area contributed by atoms with Crippen LogP contribution in [-0.4, -0.2) is 30.3 Å². The maximum Gasteiger partial charge on any atom is 0.315 e. The molecule has 4 nitrogen and oxygen atoms in total. The molecule has 0 aliphatic rings. The summed E-state index contributed by atoms with van der Waals surface area (Å²) < 4.78 is 0. The van der Waals surface area contributed by atoms with Crippen molar-refractivity contribution in [1.29, 1.82) is 0 Å². The van der Waals surface area contributed by atoms with Crippen molar-refractivity contribution in [3.8, 4) is 0 Å². The normalized spacial score (nSPS) is 13.6. The molecule has 0 spiro atoms. The van der Waals surface area contributed by atoms with Crippen LogP contribution in [-0.2, 0) is 6.42 Å². The van der Waals surface area contributed by atoms with Gasteiger partial charge in [-0.3, -0.25) is 0 Å². The standard InChI is InChI=1S/C16H26N2O2/c1-13(10-11-19)12-17-16(20)18-14(2)8-9-15-6-4-3-5-7-15/h3-7,13-14,19H,8-12H2,1-2H3,(H2,17,18,20). The molecule has 0 radical (unpaired) electrons. The molecule has 112 valence electrons. The van der Waals surface area contributed by atoms with E-state index in [0.717, 1.165) is 12.8 Å². The quantitative estimate of drug-likeness (QED) is 0.683. The maximum absolute atomic E-state index is 11.7. The highest BCUT2D eigenvalue weighted by atomic mass is 16.3. The van der Waals surface area contributed by atoms with Gasteiger partial charge in [0, 0.05) is 19.2 Å². The van der Waals surface area contributed by atoms with Crippen LogP contribution in [0.2, 0.25) is 0 Å². The zero-order valence-corrected chi connectivity index (χ0v) is 12.4. The molecule has 2 unspecified atom stereocenters. The SMILES string of the molecule is CC(CCO)CNC(=O)NC(C)CCc1ccccc1. The Morgan fingerprint density at radius 2 is 1.90 bits per heavy atom. The number of urea groups is 1. The molecule has 0 heterocycles. The largest absolute Gasteiger partial charge is 0.396 e. The van der Waals surface area contributed by atoms with Crippen LogP contribution in [0.5, 0.6) is 0 Å². The molecule has 0 bridgehead atoms. The molecule has 0 aliphatic heterocycles. The first-order chi connectivity index (χ1) is 9.61. The van der Waals surface area contributed by atoms with Crippen LogP contribution >= 0.6 is 0 Å². The summed E-state index contributed by atoms with van der Waals surface area (Å²) in [4.78, 5) is 11.7. The predicted octanol–water partition coefficient (Wildman–Crippen LogP) is 2.33. The van der Waals surface area contributed by atoms with Crippen LogP contribution in [0.4, 0.5) is 4.79 Å². The van der Waals surface area contributed by atoms with E-state index < -0.39 is 0 Å². The van der Waals surface area contributed by atoms with Gasteiger partial charge in [0.1, 0.15) is 0 Å². The van der Waals surface area contributed by atoms with Gasteiger partial charge in [0.15, 0.2) is 0 Å². The Morgan fingerprint density at radius 1 is 1.20 bits per heavy atom. The number of hydrogen-bond acceptors (Lipinski definition) is 2. The van der Waals surface area contributed by atoms with E-state index in [4.69, 9.17) is 5.11 Å². The molecular weight excluding hydrogens is 252 g/mol. The van der Waals surface area contributed by atoms with Crippen LogP contribution in [0.15, 0.2) is 30.3 Å². The molecule has 0 fully saturated rings. The maximum atomic E-state index is 11.7. The number of rotatable bonds is 8. The number of aliphatic hydroxyl groups excluding tert-OH is 1. The van der Waals surface area contributed by atoms with E-state index in [0.29, 0.717) is 18.9 Å². The third kappa shape index (κ3) is 7.14. The monoisotopic (exact) mass is 278 g/mol. The highest BCUT2D eigenvalue weighted by Gasteiger charge is 2.08. The first kappa shape index (κ1) is 16.5. The van der Waals surface area contributed by atoms with Gasteiger partial charge in [-0.1, -0.05) is 37.3 Å². The lowest BCUT2D eigenvalue weighted by Gasteiger charge is -2.16. The lowest BCUT2D eigenvalue weighted by molar-refractivity contribution is 0.230. The second-order valence-electron chi connectivity index (χ2n) is 5.40. The minimum atomic E-state index is -0.129. The number of carbonyl (C=O) groups is 1. The van der Waals surface area contributed by atoms with E-state index in [1.165, 1.54) is 5.56 Å². The van der Waals surface area contributed by atoms with E-state index in [1.54, 1.807) is 0 Å². The van der Waals surface area contributed by atoms with Crippen molar-refractivity contribution >= 4 is 6.03 Å². The molecule has 1 aromatic rings. The van der Waals surface area contributed by atoms with Crippen LogP contribution in [0.3, 0.4) is 0 Å². The minimum Gasteiger partial charge on any atom is -0.396 e. The summed E-state index contributed by atoms with van der Waals surface area (Å²) in [6.07, 6.45) is 2.59. The molecule has 1 rings (SSSR count). The molecule has 3 N–H and O–H groups in total. The van der Waals surface area contributed by atoms with Crippen molar-refractivity contribution in [3.05, 3.63) is 35.9 Å². The number of aliphatic hydroxyl groups is 1. The Bertz CT molecular complexity index is 381. The number of nitrogens with one attached hydrogen (secondary N) is 2. The highest BCUT2D eigenvalue weighted by molar-refractivity contribution is 5.74. The zero-order valence-electron chi connectivity index (χ0n) is 12.4. The number of carbonyl (C=O) groups excluding carboxylic acids is 1. The van der Waals surface area contributed by atoms with Gasteiger partial charge in [-0.15, -0.1) is 0 Å². The topological polar surface area (TPSA) is 61.4 Å². The van der Waals surface area contributed by atoms with Crippen LogP contribution in [0.25, 0.3) is 0 Å². The van der Waals surface area contributed by atoms with Gasteiger partial charge in [-0.2, -0.15) is 0 Å². The zero-order chi connectivity index (χ0) is 14.8.